The van der Waals surface area contributed by atoms with Gasteiger partial charge in [-0.15, -0.1) is 0 Å². The molecule has 2 aromatic rings. The number of nitrogens with one attached hydrogen (secondary N) is 1. The van der Waals surface area contributed by atoms with E-state index in [2.05, 4.69) is 10.4 Å². The van der Waals surface area contributed by atoms with Gasteiger partial charge in [0.05, 0.1) is 23.0 Å². The molecule has 0 bridgehead atoms. The molecule has 4 rings (SSSR count). The SMILES string of the molecule is Cc1nn(CC(=O)N2CCCC2)c(C)c1S(=O)(=O)N1CCC[C@H](C(=O)Nc2ccc(F)cc2F)C1. The molecular formula is C23H29F2N5O4S. The Balaban J connectivity index is 1.49. The summed E-state index contributed by atoms with van der Waals surface area (Å²) in [6.45, 7) is 4.72. The Morgan fingerprint density at radius 2 is 1.83 bits per heavy atom. The molecule has 12 heteroatoms. The monoisotopic (exact) mass is 509 g/mol. The Labute approximate surface area is 203 Å². The smallest absolute Gasteiger partial charge is 0.246 e. The van der Waals surface area contributed by atoms with Crippen LogP contribution in [0.15, 0.2) is 23.1 Å². The molecular weight excluding hydrogens is 480 g/mol. The molecule has 0 spiro atoms. The van der Waals surface area contributed by atoms with Crippen LogP contribution in [0.1, 0.15) is 37.1 Å². The number of hydrogen-bond acceptors (Lipinski definition) is 5. The fraction of sp³-hybridized carbons (Fsp3) is 0.522. The van der Waals surface area contributed by atoms with Gasteiger partial charge in [-0.1, -0.05) is 0 Å². The predicted molar refractivity (Wildman–Crippen MR) is 124 cm³/mol. The number of carbonyl (C=O) groups is 2. The molecule has 2 fully saturated rings. The number of nitrogens with zero attached hydrogens (tertiary/aromatic N) is 4. The van der Waals surface area contributed by atoms with Crippen LogP contribution in [0.4, 0.5) is 14.5 Å². The fourth-order valence-corrected chi connectivity index (χ4v) is 6.63. The first-order valence-corrected chi connectivity index (χ1v) is 13.1. The largest absolute Gasteiger partial charge is 0.341 e. The van der Waals surface area contributed by atoms with E-state index in [4.69, 9.17) is 0 Å². The van der Waals surface area contributed by atoms with Crippen molar-refractivity contribution in [1.29, 1.82) is 0 Å². The highest BCUT2D eigenvalue weighted by Gasteiger charge is 2.37. The first kappa shape index (κ1) is 25.2. The van der Waals surface area contributed by atoms with Crippen LogP contribution in [0.3, 0.4) is 0 Å². The molecule has 1 atom stereocenters. The van der Waals surface area contributed by atoms with Crippen molar-refractivity contribution in [3.8, 4) is 0 Å². The maximum absolute atomic E-state index is 13.9. The van der Waals surface area contributed by atoms with Crippen LogP contribution in [-0.2, 0) is 26.2 Å². The van der Waals surface area contributed by atoms with E-state index >= 15 is 0 Å². The van der Waals surface area contributed by atoms with E-state index in [1.54, 1.807) is 18.7 Å². The van der Waals surface area contributed by atoms with Gasteiger partial charge in [0, 0.05) is 32.2 Å². The zero-order valence-electron chi connectivity index (χ0n) is 19.8. The summed E-state index contributed by atoms with van der Waals surface area (Å²) in [4.78, 5) is 27.1. The van der Waals surface area contributed by atoms with Crippen LogP contribution < -0.4 is 5.32 Å². The molecule has 2 aliphatic heterocycles. The third kappa shape index (κ3) is 5.22. The predicted octanol–water partition coefficient (Wildman–Crippen LogP) is 2.44. The lowest BCUT2D eigenvalue weighted by molar-refractivity contribution is -0.131. The van der Waals surface area contributed by atoms with Crippen molar-refractivity contribution in [2.75, 3.05) is 31.5 Å². The summed E-state index contributed by atoms with van der Waals surface area (Å²) in [6, 6.07) is 2.84. The van der Waals surface area contributed by atoms with Gasteiger partial charge in [-0.25, -0.2) is 17.2 Å². The summed E-state index contributed by atoms with van der Waals surface area (Å²) < 4.78 is 56.9. The van der Waals surface area contributed by atoms with Crippen LogP contribution in [0.25, 0.3) is 0 Å². The Bertz CT molecular complexity index is 1240. The molecule has 35 heavy (non-hydrogen) atoms. The van der Waals surface area contributed by atoms with Crippen LogP contribution in [0.5, 0.6) is 0 Å². The standard InChI is InChI=1S/C23H29F2N5O4S/c1-15-22(16(2)30(27-15)14-21(31)28-9-3-4-10-28)35(33,34)29-11-5-6-17(13-29)23(32)26-20-8-7-18(24)12-19(20)25/h7-8,12,17H,3-6,9-11,13-14H2,1-2H3,(H,26,32)/t17-/m0/s1. The van der Waals surface area contributed by atoms with Crippen LogP contribution >= 0.6 is 0 Å². The van der Waals surface area contributed by atoms with Gasteiger partial charge in [0.15, 0.2) is 0 Å². The van der Waals surface area contributed by atoms with Crippen LogP contribution in [0.2, 0.25) is 0 Å². The van der Waals surface area contributed by atoms with Crippen molar-refractivity contribution in [3.63, 3.8) is 0 Å². The van der Waals surface area contributed by atoms with Crippen molar-refractivity contribution in [1.82, 2.24) is 19.0 Å². The molecule has 2 aliphatic rings. The summed E-state index contributed by atoms with van der Waals surface area (Å²) >= 11 is 0. The van der Waals surface area contributed by atoms with Crippen LogP contribution in [0, 0.1) is 31.4 Å². The highest BCUT2D eigenvalue weighted by Crippen LogP contribution is 2.29. The average Bonchev–Trinajstić information content (AvgIpc) is 3.44. The number of likely N-dealkylation sites (tertiary alicyclic amines) is 1. The lowest BCUT2D eigenvalue weighted by Gasteiger charge is -2.31. The fourth-order valence-electron chi connectivity index (χ4n) is 4.73. The summed E-state index contributed by atoms with van der Waals surface area (Å²) in [5.41, 5.74) is 0.499. The minimum absolute atomic E-state index is 0.0313. The summed E-state index contributed by atoms with van der Waals surface area (Å²) in [5.74, 6) is -2.99. The van der Waals surface area contributed by atoms with Gasteiger partial charge < -0.3 is 10.2 Å². The van der Waals surface area contributed by atoms with E-state index in [0.717, 1.165) is 25.0 Å². The number of rotatable bonds is 6. The lowest BCUT2D eigenvalue weighted by atomic mass is 9.98. The Hall–Kier alpha value is -2.86. The molecule has 3 heterocycles. The number of amides is 2. The molecule has 2 saturated heterocycles. The van der Waals surface area contributed by atoms with E-state index in [1.165, 1.54) is 8.99 Å². The van der Waals surface area contributed by atoms with E-state index < -0.39 is 33.5 Å². The molecule has 0 unspecified atom stereocenters. The lowest BCUT2D eigenvalue weighted by Crippen LogP contribution is -2.44. The molecule has 0 saturated carbocycles. The molecule has 1 N–H and O–H groups in total. The van der Waals surface area contributed by atoms with Gasteiger partial charge in [-0.3, -0.25) is 14.3 Å². The van der Waals surface area contributed by atoms with Gasteiger partial charge in [0.2, 0.25) is 21.8 Å². The van der Waals surface area contributed by atoms with Crippen molar-refractivity contribution in [2.24, 2.45) is 5.92 Å². The zero-order chi connectivity index (χ0) is 25.3. The molecule has 0 radical (unpaired) electrons. The molecule has 2 amide bonds. The van der Waals surface area contributed by atoms with Crippen molar-refractivity contribution in [3.05, 3.63) is 41.2 Å². The summed E-state index contributed by atoms with van der Waals surface area (Å²) in [5, 5.41) is 6.75. The topological polar surface area (TPSA) is 105 Å². The van der Waals surface area contributed by atoms with Crippen LogP contribution in [-0.4, -0.2) is 65.4 Å². The zero-order valence-corrected chi connectivity index (χ0v) is 20.6. The first-order valence-electron chi connectivity index (χ1n) is 11.7. The second-order valence-corrected chi connectivity index (χ2v) is 10.9. The number of carbonyl (C=O) groups excluding carboxylic acids is 2. The van der Waals surface area contributed by atoms with Crippen molar-refractivity contribution < 1.29 is 26.8 Å². The molecule has 1 aromatic carbocycles. The van der Waals surface area contributed by atoms with Crippen molar-refractivity contribution in [2.45, 2.75) is 51.0 Å². The number of hydrogen-bond donors (Lipinski definition) is 1. The normalized spacial score (nSPS) is 19.2. The average molecular weight is 510 g/mol. The molecule has 0 aliphatic carbocycles. The van der Waals surface area contributed by atoms with E-state index in [0.29, 0.717) is 37.7 Å². The Morgan fingerprint density at radius 3 is 2.51 bits per heavy atom. The number of halogens is 2. The number of anilines is 1. The molecule has 1 aromatic heterocycles. The number of piperidine rings is 1. The third-order valence-electron chi connectivity index (χ3n) is 6.60. The van der Waals surface area contributed by atoms with Gasteiger partial charge >= 0.3 is 0 Å². The Kier molecular flexibility index (Phi) is 7.22. The quantitative estimate of drug-likeness (QED) is 0.644. The maximum atomic E-state index is 13.9. The van der Waals surface area contributed by atoms with E-state index in [9.17, 15) is 26.8 Å². The first-order chi connectivity index (χ1) is 16.6. The third-order valence-corrected chi connectivity index (χ3v) is 8.72. The number of sulfonamides is 1. The highest BCUT2D eigenvalue weighted by atomic mass is 32.2. The minimum atomic E-state index is -3.99. The molecule has 190 valence electrons. The summed E-state index contributed by atoms with van der Waals surface area (Å²) in [6.07, 6.45) is 2.80. The second-order valence-electron chi connectivity index (χ2n) is 9.06. The van der Waals surface area contributed by atoms with Gasteiger partial charge in [0.25, 0.3) is 0 Å². The number of aromatic nitrogens is 2. The molecule has 9 nitrogen and oxygen atoms in total. The van der Waals surface area contributed by atoms with Gasteiger partial charge in [-0.05, 0) is 51.7 Å². The number of benzene rings is 1. The second kappa shape index (κ2) is 10.0. The van der Waals surface area contributed by atoms with Gasteiger partial charge in [-0.2, -0.15) is 9.40 Å². The minimum Gasteiger partial charge on any atom is -0.341 e. The van der Waals surface area contributed by atoms with Gasteiger partial charge in [0.1, 0.15) is 23.1 Å². The highest BCUT2D eigenvalue weighted by molar-refractivity contribution is 7.89. The van der Waals surface area contributed by atoms with E-state index in [-0.39, 0.29) is 41.8 Å². The van der Waals surface area contributed by atoms with Crippen molar-refractivity contribution >= 4 is 27.5 Å². The summed E-state index contributed by atoms with van der Waals surface area (Å²) in [7, 11) is -3.99. The Morgan fingerprint density at radius 1 is 1.11 bits per heavy atom. The number of aryl methyl sites for hydroxylation is 1. The maximum Gasteiger partial charge on any atom is 0.246 e. The van der Waals surface area contributed by atoms with E-state index in [1.807, 2.05) is 0 Å².